The van der Waals surface area contributed by atoms with Crippen molar-refractivity contribution in [2.75, 3.05) is 6.61 Å². The minimum absolute atomic E-state index is 0.0663. The summed E-state index contributed by atoms with van der Waals surface area (Å²) in [7, 11) is 0. The summed E-state index contributed by atoms with van der Waals surface area (Å²) in [5.41, 5.74) is -0.0663. The van der Waals surface area contributed by atoms with Gasteiger partial charge in [-0.05, 0) is 12.1 Å². The number of carboxylic acid groups (broad SMARTS) is 1. The van der Waals surface area contributed by atoms with Gasteiger partial charge < -0.3 is 14.9 Å². The Bertz CT molecular complexity index is 402. The third kappa shape index (κ3) is 4.47. The average Bonchev–Trinajstić information content (AvgIpc) is 2.26. The molecule has 0 saturated carbocycles. The van der Waals surface area contributed by atoms with E-state index in [-0.39, 0.29) is 12.3 Å². The van der Waals surface area contributed by atoms with Gasteiger partial charge >= 0.3 is 5.97 Å². The van der Waals surface area contributed by atoms with Crippen molar-refractivity contribution in [1.29, 1.82) is 0 Å². The molecule has 17 heavy (non-hydrogen) atoms. The first-order valence-corrected chi connectivity index (χ1v) is 4.76. The summed E-state index contributed by atoms with van der Waals surface area (Å²) in [5.74, 6) is -0.787. The van der Waals surface area contributed by atoms with Crippen molar-refractivity contribution in [3.63, 3.8) is 0 Å². The second-order valence-electron chi connectivity index (χ2n) is 3.31. The molecule has 1 atom stereocenters. The predicted octanol–water partition coefficient (Wildman–Crippen LogP) is 0.809. The zero-order valence-electron chi connectivity index (χ0n) is 8.78. The van der Waals surface area contributed by atoms with E-state index in [1.54, 1.807) is 0 Å². The molecule has 1 rings (SSSR count). The largest absolute Gasteiger partial charge is 0.491 e. The van der Waals surface area contributed by atoms with Gasteiger partial charge in [0.1, 0.15) is 12.4 Å². The van der Waals surface area contributed by atoms with Crippen LogP contribution in [0.4, 0.5) is 5.69 Å². The minimum atomic E-state index is -1.12. The van der Waals surface area contributed by atoms with E-state index < -0.39 is 23.4 Å². The maximum atomic E-state index is 10.4. The number of benzene rings is 1. The molecule has 0 fully saturated rings. The van der Waals surface area contributed by atoms with Gasteiger partial charge in [-0.15, -0.1) is 0 Å². The normalized spacial score (nSPS) is 11.8. The smallest absolute Gasteiger partial charge is 0.306 e. The number of nitrogens with zero attached hydrogens (tertiary/aromatic N) is 1. The molecule has 0 aliphatic carbocycles. The molecule has 2 N–H and O–H groups in total. The minimum Gasteiger partial charge on any atom is -0.491 e. The molecule has 0 saturated heterocycles. The van der Waals surface area contributed by atoms with Crippen molar-refractivity contribution in [3.05, 3.63) is 34.4 Å². The third-order valence-electron chi connectivity index (χ3n) is 1.90. The Morgan fingerprint density at radius 1 is 1.41 bits per heavy atom. The van der Waals surface area contributed by atoms with E-state index in [2.05, 4.69) is 0 Å². The van der Waals surface area contributed by atoms with Gasteiger partial charge in [-0.25, -0.2) is 0 Å². The third-order valence-corrected chi connectivity index (χ3v) is 1.90. The Hall–Kier alpha value is -2.15. The van der Waals surface area contributed by atoms with E-state index in [9.17, 15) is 20.0 Å². The van der Waals surface area contributed by atoms with Gasteiger partial charge in [-0.3, -0.25) is 14.9 Å². The number of carboxylic acids is 1. The van der Waals surface area contributed by atoms with Crippen LogP contribution in [-0.2, 0) is 4.79 Å². The molecular weight excluding hydrogens is 230 g/mol. The number of nitro benzene ring substituents is 1. The van der Waals surface area contributed by atoms with Crippen molar-refractivity contribution in [3.8, 4) is 5.75 Å². The zero-order chi connectivity index (χ0) is 12.8. The fraction of sp³-hybridized carbons (Fsp3) is 0.300. The summed E-state index contributed by atoms with van der Waals surface area (Å²) in [5, 5.41) is 28.0. The highest BCUT2D eigenvalue weighted by molar-refractivity contribution is 5.67. The average molecular weight is 241 g/mol. The standard InChI is InChI=1S/C10H11NO6/c12-8(5-10(13)14)6-17-9-3-1-7(2-4-9)11(15)16/h1-4,8,12H,5-6H2,(H,13,14)/t8-/m0/s1. The maximum Gasteiger partial charge on any atom is 0.306 e. The lowest BCUT2D eigenvalue weighted by molar-refractivity contribution is -0.384. The van der Waals surface area contributed by atoms with Gasteiger partial charge in [0.25, 0.3) is 5.69 Å². The lowest BCUT2D eigenvalue weighted by Gasteiger charge is -2.09. The quantitative estimate of drug-likeness (QED) is 0.563. The maximum absolute atomic E-state index is 10.4. The van der Waals surface area contributed by atoms with Crippen LogP contribution in [0.25, 0.3) is 0 Å². The summed E-state index contributed by atoms with van der Waals surface area (Å²) >= 11 is 0. The first-order chi connectivity index (χ1) is 7.99. The molecule has 0 radical (unpaired) electrons. The Morgan fingerprint density at radius 2 is 2.00 bits per heavy atom. The summed E-state index contributed by atoms with van der Waals surface area (Å²) in [4.78, 5) is 20.1. The van der Waals surface area contributed by atoms with Crippen LogP contribution >= 0.6 is 0 Å². The van der Waals surface area contributed by atoms with E-state index in [1.807, 2.05) is 0 Å². The van der Waals surface area contributed by atoms with Crippen LogP contribution in [0.1, 0.15) is 6.42 Å². The fourth-order valence-corrected chi connectivity index (χ4v) is 1.12. The summed E-state index contributed by atoms with van der Waals surface area (Å²) in [6, 6.07) is 5.29. The molecule has 0 aliphatic rings. The number of carbonyl (C=O) groups is 1. The molecule has 0 heterocycles. The molecule has 7 nitrogen and oxygen atoms in total. The van der Waals surface area contributed by atoms with Gasteiger partial charge in [0.2, 0.25) is 0 Å². The number of aliphatic carboxylic acids is 1. The van der Waals surface area contributed by atoms with E-state index in [0.717, 1.165) is 0 Å². The van der Waals surface area contributed by atoms with Crippen molar-refractivity contribution >= 4 is 11.7 Å². The number of non-ortho nitro benzene ring substituents is 1. The number of nitro groups is 1. The highest BCUT2D eigenvalue weighted by Gasteiger charge is 2.10. The molecule has 0 bridgehead atoms. The molecule has 7 heteroatoms. The number of rotatable bonds is 6. The first kappa shape index (κ1) is 12.9. The molecule has 1 aromatic carbocycles. The summed E-state index contributed by atoms with van der Waals surface area (Å²) in [6.07, 6.45) is -1.52. The van der Waals surface area contributed by atoms with Crippen molar-refractivity contribution in [1.82, 2.24) is 0 Å². The lowest BCUT2D eigenvalue weighted by atomic mass is 10.2. The molecule has 1 aromatic rings. The molecule has 0 unspecified atom stereocenters. The summed E-state index contributed by atoms with van der Waals surface area (Å²) < 4.78 is 5.07. The van der Waals surface area contributed by atoms with Crippen LogP contribution in [-0.4, -0.2) is 33.8 Å². The first-order valence-electron chi connectivity index (χ1n) is 4.76. The van der Waals surface area contributed by atoms with Gasteiger partial charge in [0, 0.05) is 12.1 Å². The van der Waals surface area contributed by atoms with Crippen LogP contribution in [0.3, 0.4) is 0 Å². The monoisotopic (exact) mass is 241 g/mol. The van der Waals surface area contributed by atoms with Gasteiger partial charge in [-0.1, -0.05) is 0 Å². The topological polar surface area (TPSA) is 110 Å². The highest BCUT2D eigenvalue weighted by Crippen LogP contribution is 2.17. The second kappa shape index (κ2) is 5.80. The highest BCUT2D eigenvalue weighted by atomic mass is 16.6. The molecular formula is C10H11NO6. The Labute approximate surface area is 96.4 Å². The second-order valence-corrected chi connectivity index (χ2v) is 3.31. The van der Waals surface area contributed by atoms with Crippen molar-refractivity contribution < 1.29 is 24.7 Å². The van der Waals surface area contributed by atoms with Gasteiger partial charge in [0.15, 0.2) is 0 Å². The van der Waals surface area contributed by atoms with Crippen molar-refractivity contribution in [2.45, 2.75) is 12.5 Å². The van der Waals surface area contributed by atoms with E-state index in [4.69, 9.17) is 9.84 Å². The SMILES string of the molecule is O=C(O)C[C@H](O)COc1ccc([N+](=O)[O-])cc1. The van der Waals surface area contributed by atoms with Crippen LogP contribution in [0.5, 0.6) is 5.75 Å². The summed E-state index contributed by atoms with van der Waals surface area (Å²) in [6.45, 7) is -0.176. The lowest BCUT2D eigenvalue weighted by Crippen LogP contribution is -2.21. The van der Waals surface area contributed by atoms with Crippen LogP contribution in [0, 0.1) is 10.1 Å². The van der Waals surface area contributed by atoms with Gasteiger partial charge in [-0.2, -0.15) is 0 Å². The van der Waals surface area contributed by atoms with Crippen LogP contribution < -0.4 is 4.74 Å². The van der Waals surface area contributed by atoms with E-state index >= 15 is 0 Å². The Kier molecular flexibility index (Phi) is 4.41. The Morgan fingerprint density at radius 3 is 2.47 bits per heavy atom. The number of aliphatic hydroxyl groups is 1. The van der Waals surface area contributed by atoms with Crippen LogP contribution in [0.15, 0.2) is 24.3 Å². The zero-order valence-corrected chi connectivity index (χ0v) is 8.78. The number of hydrogen-bond donors (Lipinski definition) is 2. The van der Waals surface area contributed by atoms with Crippen molar-refractivity contribution in [2.24, 2.45) is 0 Å². The molecule has 0 spiro atoms. The fourth-order valence-electron chi connectivity index (χ4n) is 1.12. The van der Waals surface area contributed by atoms with E-state index in [1.165, 1.54) is 24.3 Å². The van der Waals surface area contributed by atoms with Gasteiger partial charge in [0.05, 0.1) is 17.4 Å². The number of aliphatic hydroxyl groups excluding tert-OH is 1. The molecule has 0 amide bonds. The molecule has 0 aliphatic heterocycles. The number of ether oxygens (including phenoxy) is 1. The molecule has 92 valence electrons. The molecule has 0 aromatic heterocycles. The number of hydrogen-bond acceptors (Lipinski definition) is 5. The van der Waals surface area contributed by atoms with Crippen LogP contribution in [0.2, 0.25) is 0 Å². The predicted molar refractivity (Wildman–Crippen MR) is 56.9 cm³/mol. The van der Waals surface area contributed by atoms with E-state index in [0.29, 0.717) is 5.75 Å². The Balaban J connectivity index is 2.47.